The molecule has 0 bridgehead atoms. The van der Waals surface area contributed by atoms with E-state index in [0.29, 0.717) is 6.04 Å². The molecule has 0 aliphatic heterocycles. The monoisotopic (exact) mass is 250 g/mol. The standard InChI is InChI=1S/C15H26N2O/c1-3-17(14-7-4-5-8-14)11-10-16-13(2)15-9-6-12-18-15/h6,9,12-14,16H,3-5,7-8,10-11H2,1-2H3. The minimum Gasteiger partial charge on any atom is -0.468 e. The molecular weight excluding hydrogens is 224 g/mol. The lowest BCUT2D eigenvalue weighted by atomic mass is 10.2. The first kappa shape index (κ1) is 13.6. The average molecular weight is 250 g/mol. The topological polar surface area (TPSA) is 28.4 Å². The second kappa shape index (κ2) is 6.95. The molecule has 1 N–H and O–H groups in total. The van der Waals surface area contributed by atoms with Gasteiger partial charge in [0.1, 0.15) is 5.76 Å². The molecule has 1 fully saturated rings. The third-order valence-electron chi connectivity index (χ3n) is 4.07. The summed E-state index contributed by atoms with van der Waals surface area (Å²) in [6.45, 7) is 7.78. The summed E-state index contributed by atoms with van der Waals surface area (Å²) < 4.78 is 5.40. The van der Waals surface area contributed by atoms with Crippen molar-refractivity contribution >= 4 is 0 Å². The van der Waals surface area contributed by atoms with E-state index in [0.717, 1.165) is 24.9 Å². The molecule has 1 aliphatic rings. The summed E-state index contributed by atoms with van der Waals surface area (Å²) in [5, 5.41) is 3.54. The first-order valence-corrected chi connectivity index (χ1v) is 7.32. The smallest absolute Gasteiger partial charge is 0.120 e. The molecular formula is C15H26N2O. The Kier molecular flexibility index (Phi) is 5.26. The van der Waals surface area contributed by atoms with Gasteiger partial charge in [0.05, 0.1) is 12.3 Å². The van der Waals surface area contributed by atoms with Crippen molar-refractivity contribution in [2.24, 2.45) is 0 Å². The predicted molar refractivity (Wildman–Crippen MR) is 74.6 cm³/mol. The molecule has 0 amide bonds. The number of rotatable bonds is 7. The largest absolute Gasteiger partial charge is 0.468 e. The van der Waals surface area contributed by atoms with E-state index in [1.165, 1.54) is 32.2 Å². The first-order chi connectivity index (χ1) is 8.81. The molecule has 0 spiro atoms. The van der Waals surface area contributed by atoms with Gasteiger partial charge in [-0.1, -0.05) is 19.8 Å². The fourth-order valence-electron chi connectivity index (χ4n) is 2.93. The van der Waals surface area contributed by atoms with Crippen LogP contribution < -0.4 is 5.32 Å². The van der Waals surface area contributed by atoms with Crippen LogP contribution in [-0.4, -0.2) is 30.6 Å². The number of nitrogens with one attached hydrogen (secondary N) is 1. The summed E-state index contributed by atoms with van der Waals surface area (Å²) >= 11 is 0. The number of hydrogen-bond acceptors (Lipinski definition) is 3. The lowest BCUT2D eigenvalue weighted by Crippen LogP contribution is -2.38. The Labute approximate surface area is 111 Å². The molecule has 1 heterocycles. The maximum Gasteiger partial charge on any atom is 0.120 e. The maximum absolute atomic E-state index is 5.40. The molecule has 2 rings (SSSR count). The van der Waals surface area contributed by atoms with E-state index in [9.17, 15) is 0 Å². The normalized spacial score (nSPS) is 18.6. The van der Waals surface area contributed by atoms with Crippen LogP contribution in [0.25, 0.3) is 0 Å². The zero-order valence-electron chi connectivity index (χ0n) is 11.7. The summed E-state index contributed by atoms with van der Waals surface area (Å²) in [5.41, 5.74) is 0. The van der Waals surface area contributed by atoms with Gasteiger partial charge in [-0.05, 0) is 38.4 Å². The van der Waals surface area contributed by atoms with Crippen LogP contribution in [0.15, 0.2) is 22.8 Å². The third kappa shape index (κ3) is 3.59. The van der Waals surface area contributed by atoms with Crippen LogP contribution in [0, 0.1) is 0 Å². The second-order valence-corrected chi connectivity index (χ2v) is 5.26. The average Bonchev–Trinajstić information content (AvgIpc) is 3.05. The van der Waals surface area contributed by atoms with Crippen molar-refractivity contribution in [3.8, 4) is 0 Å². The molecule has 0 saturated heterocycles. The van der Waals surface area contributed by atoms with Gasteiger partial charge in [-0.15, -0.1) is 0 Å². The summed E-state index contributed by atoms with van der Waals surface area (Å²) in [6.07, 6.45) is 7.35. The van der Waals surface area contributed by atoms with Crippen LogP contribution in [-0.2, 0) is 0 Å². The quantitative estimate of drug-likeness (QED) is 0.805. The highest BCUT2D eigenvalue weighted by molar-refractivity contribution is 5.02. The first-order valence-electron chi connectivity index (χ1n) is 7.32. The molecule has 18 heavy (non-hydrogen) atoms. The van der Waals surface area contributed by atoms with Crippen molar-refractivity contribution < 1.29 is 4.42 Å². The van der Waals surface area contributed by atoms with Crippen molar-refractivity contribution in [1.82, 2.24) is 10.2 Å². The van der Waals surface area contributed by atoms with Gasteiger partial charge in [-0.25, -0.2) is 0 Å². The highest BCUT2D eigenvalue weighted by Gasteiger charge is 2.20. The summed E-state index contributed by atoms with van der Waals surface area (Å²) in [7, 11) is 0. The lowest BCUT2D eigenvalue weighted by molar-refractivity contribution is 0.206. The Morgan fingerprint density at radius 2 is 2.22 bits per heavy atom. The maximum atomic E-state index is 5.40. The zero-order chi connectivity index (χ0) is 12.8. The van der Waals surface area contributed by atoms with Crippen molar-refractivity contribution in [3.05, 3.63) is 24.2 Å². The van der Waals surface area contributed by atoms with Crippen LogP contribution in [0.2, 0.25) is 0 Å². The fraction of sp³-hybridized carbons (Fsp3) is 0.733. The van der Waals surface area contributed by atoms with Gasteiger partial charge in [0.2, 0.25) is 0 Å². The van der Waals surface area contributed by atoms with E-state index in [1.807, 2.05) is 12.1 Å². The van der Waals surface area contributed by atoms with E-state index in [2.05, 4.69) is 24.1 Å². The minimum atomic E-state index is 0.308. The number of nitrogens with zero attached hydrogens (tertiary/aromatic N) is 1. The van der Waals surface area contributed by atoms with E-state index in [4.69, 9.17) is 4.42 Å². The van der Waals surface area contributed by atoms with Gasteiger partial charge < -0.3 is 9.73 Å². The molecule has 1 aliphatic carbocycles. The van der Waals surface area contributed by atoms with E-state index >= 15 is 0 Å². The molecule has 1 atom stereocenters. The van der Waals surface area contributed by atoms with Crippen LogP contribution in [0.3, 0.4) is 0 Å². The van der Waals surface area contributed by atoms with Gasteiger partial charge in [-0.3, -0.25) is 4.90 Å². The molecule has 1 saturated carbocycles. The summed E-state index contributed by atoms with van der Waals surface area (Å²) in [4.78, 5) is 2.62. The lowest BCUT2D eigenvalue weighted by Gasteiger charge is -2.27. The number of likely N-dealkylation sites (N-methyl/N-ethyl adjacent to an activating group) is 1. The van der Waals surface area contributed by atoms with Crippen molar-refractivity contribution in [3.63, 3.8) is 0 Å². The Morgan fingerprint density at radius 3 is 2.83 bits per heavy atom. The predicted octanol–water partition coefficient (Wildman–Crippen LogP) is 3.19. The molecule has 102 valence electrons. The SMILES string of the molecule is CCN(CCNC(C)c1ccco1)C1CCCC1. The number of furan rings is 1. The van der Waals surface area contributed by atoms with Crippen LogP contribution in [0.5, 0.6) is 0 Å². The molecule has 1 aromatic heterocycles. The van der Waals surface area contributed by atoms with Crippen molar-refractivity contribution in [2.75, 3.05) is 19.6 Å². The second-order valence-electron chi connectivity index (χ2n) is 5.26. The molecule has 3 nitrogen and oxygen atoms in total. The fourth-order valence-corrected chi connectivity index (χ4v) is 2.93. The molecule has 3 heteroatoms. The Bertz CT molecular complexity index is 317. The summed E-state index contributed by atoms with van der Waals surface area (Å²) in [6, 6.07) is 5.12. The summed E-state index contributed by atoms with van der Waals surface area (Å²) in [5.74, 6) is 1.03. The molecule has 0 radical (unpaired) electrons. The Morgan fingerprint density at radius 1 is 1.44 bits per heavy atom. The van der Waals surface area contributed by atoms with Crippen LogP contribution >= 0.6 is 0 Å². The number of hydrogen-bond donors (Lipinski definition) is 1. The van der Waals surface area contributed by atoms with Crippen molar-refractivity contribution in [1.29, 1.82) is 0 Å². The zero-order valence-corrected chi connectivity index (χ0v) is 11.7. The van der Waals surface area contributed by atoms with Gasteiger partial charge in [0, 0.05) is 19.1 Å². The molecule has 1 aromatic rings. The van der Waals surface area contributed by atoms with E-state index in [1.54, 1.807) is 6.26 Å². The van der Waals surface area contributed by atoms with E-state index in [-0.39, 0.29) is 0 Å². The Hall–Kier alpha value is -0.800. The van der Waals surface area contributed by atoms with Crippen LogP contribution in [0.1, 0.15) is 51.3 Å². The van der Waals surface area contributed by atoms with E-state index < -0.39 is 0 Å². The Balaban J connectivity index is 1.70. The van der Waals surface area contributed by atoms with Crippen LogP contribution in [0.4, 0.5) is 0 Å². The van der Waals surface area contributed by atoms with Gasteiger partial charge in [-0.2, -0.15) is 0 Å². The van der Waals surface area contributed by atoms with Gasteiger partial charge >= 0.3 is 0 Å². The highest BCUT2D eigenvalue weighted by Crippen LogP contribution is 2.23. The van der Waals surface area contributed by atoms with Gasteiger partial charge in [0.25, 0.3) is 0 Å². The molecule has 1 unspecified atom stereocenters. The molecule has 0 aromatic carbocycles. The van der Waals surface area contributed by atoms with Gasteiger partial charge in [0.15, 0.2) is 0 Å². The third-order valence-corrected chi connectivity index (χ3v) is 4.07. The minimum absolute atomic E-state index is 0.308. The highest BCUT2D eigenvalue weighted by atomic mass is 16.3. The van der Waals surface area contributed by atoms with Crippen molar-refractivity contribution in [2.45, 2.75) is 51.6 Å².